The zero-order valence-electron chi connectivity index (χ0n) is 11.9. The van der Waals surface area contributed by atoms with Crippen molar-refractivity contribution in [3.05, 3.63) is 65.4 Å². The lowest BCUT2D eigenvalue weighted by Gasteiger charge is -1.99. The zero-order chi connectivity index (χ0) is 15.6. The molecule has 0 aliphatic rings. The Morgan fingerprint density at radius 1 is 1.04 bits per heavy atom. The van der Waals surface area contributed by atoms with Gasteiger partial charge in [-0.3, -0.25) is 0 Å². The van der Waals surface area contributed by atoms with Crippen molar-refractivity contribution in [2.45, 2.75) is 10.6 Å². The van der Waals surface area contributed by atoms with Crippen LogP contribution < -0.4 is 0 Å². The summed E-state index contributed by atoms with van der Waals surface area (Å²) in [6.07, 6.45) is 0. The topological polar surface area (TPSA) is 43.1 Å². The van der Waals surface area contributed by atoms with Gasteiger partial charge >= 0.3 is 0 Å². The predicted molar refractivity (Wildman–Crippen MR) is 95.1 cm³/mol. The summed E-state index contributed by atoms with van der Waals surface area (Å²) in [6, 6.07) is 17.9. The Hall–Kier alpha value is -1.89. The number of hydrogen-bond acceptors (Lipinski definition) is 5. The number of aromatic nitrogens is 4. The molecule has 7 heteroatoms. The summed E-state index contributed by atoms with van der Waals surface area (Å²) < 4.78 is 1.82. The fourth-order valence-electron chi connectivity index (χ4n) is 2.15. The van der Waals surface area contributed by atoms with E-state index in [0.717, 1.165) is 27.1 Å². The van der Waals surface area contributed by atoms with Crippen LogP contribution in [0, 0.1) is 0 Å². The number of nitrogens with zero attached hydrogens (tertiary/aromatic N) is 4. The molecule has 0 atom stereocenters. The maximum Gasteiger partial charge on any atom is 0.235 e. The first kappa shape index (κ1) is 14.7. The highest BCUT2D eigenvalue weighted by atomic mass is 35.5. The number of fused-ring (bicyclic) bond motifs is 1. The number of benzene rings is 2. The predicted octanol–water partition coefficient (Wildman–Crippen LogP) is 4.80. The van der Waals surface area contributed by atoms with Crippen molar-refractivity contribution < 1.29 is 0 Å². The molecule has 2 aromatic carbocycles. The molecule has 4 rings (SSSR count). The van der Waals surface area contributed by atoms with Crippen molar-refractivity contribution in [3.8, 4) is 10.6 Å². The highest BCUT2D eigenvalue weighted by Crippen LogP contribution is 2.28. The third kappa shape index (κ3) is 3.10. The summed E-state index contributed by atoms with van der Waals surface area (Å²) in [5, 5.41) is 14.7. The van der Waals surface area contributed by atoms with Crippen LogP contribution in [-0.4, -0.2) is 19.8 Å². The van der Waals surface area contributed by atoms with Crippen LogP contribution in [0.15, 0.2) is 59.5 Å². The van der Waals surface area contributed by atoms with E-state index >= 15 is 0 Å². The molecule has 0 amide bonds. The number of thioether (sulfide) groups is 1. The molecule has 0 fully saturated rings. The molecule has 0 N–H and O–H groups in total. The molecular formula is C16H11ClN4S2. The number of halogens is 1. The van der Waals surface area contributed by atoms with E-state index in [1.165, 1.54) is 16.2 Å². The van der Waals surface area contributed by atoms with Gasteiger partial charge in [-0.1, -0.05) is 53.3 Å². The molecule has 4 nitrogen and oxygen atoms in total. The third-order valence-corrected chi connectivity index (χ3v) is 5.43. The van der Waals surface area contributed by atoms with Crippen molar-refractivity contribution in [1.82, 2.24) is 19.8 Å². The summed E-state index contributed by atoms with van der Waals surface area (Å²) in [4.78, 5) is 2.00. The molecule has 0 aliphatic heterocycles. The van der Waals surface area contributed by atoms with Gasteiger partial charge in [-0.2, -0.15) is 9.61 Å². The molecule has 0 saturated carbocycles. The second kappa shape index (κ2) is 6.31. The maximum atomic E-state index is 6.05. The van der Waals surface area contributed by atoms with Crippen LogP contribution in [0.1, 0.15) is 5.82 Å². The first-order valence-electron chi connectivity index (χ1n) is 6.94. The molecule has 2 heterocycles. The lowest BCUT2D eigenvalue weighted by molar-refractivity contribution is 0.887. The summed E-state index contributed by atoms with van der Waals surface area (Å²) in [6.45, 7) is 0. The molecule has 2 aromatic heterocycles. The van der Waals surface area contributed by atoms with Crippen molar-refractivity contribution in [2.75, 3.05) is 0 Å². The SMILES string of the molecule is Clc1cccc(-c2nn3c(CSc4ccccc4)nnc3s2)c1. The van der Waals surface area contributed by atoms with Gasteiger partial charge in [0, 0.05) is 15.5 Å². The normalized spacial score (nSPS) is 11.2. The molecule has 0 bridgehead atoms. The van der Waals surface area contributed by atoms with E-state index in [2.05, 4.69) is 27.4 Å². The molecule has 4 aromatic rings. The fourth-order valence-corrected chi connectivity index (χ4v) is 4.02. The van der Waals surface area contributed by atoms with Crippen LogP contribution in [0.3, 0.4) is 0 Å². The second-order valence-electron chi connectivity index (χ2n) is 4.83. The van der Waals surface area contributed by atoms with E-state index in [0.29, 0.717) is 5.02 Å². The molecule has 0 saturated heterocycles. The average Bonchev–Trinajstić information content (AvgIpc) is 3.15. The van der Waals surface area contributed by atoms with Crippen LogP contribution in [0.25, 0.3) is 15.5 Å². The monoisotopic (exact) mass is 358 g/mol. The fraction of sp³-hybridized carbons (Fsp3) is 0.0625. The minimum Gasteiger partial charge on any atom is -0.186 e. The quantitative estimate of drug-likeness (QED) is 0.491. The minimum absolute atomic E-state index is 0.702. The molecule has 114 valence electrons. The summed E-state index contributed by atoms with van der Waals surface area (Å²) in [7, 11) is 0. The molecule has 0 spiro atoms. The maximum absolute atomic E-state index is 6.05. The van der Waals surface area contributed by atoms with Crippen LogP contribution >= 0.6 is 34.7 Å². The van der Waals surface area contributed by atoms with E-state index in [4.69, 9.17) is 11.6 Å². The summed E-state index contributed by atoms with van der Waals surface area (Å²) in [5.74, 6) is 1.57. The lowest BCUT2D eigenvalue weighted by Crippen LogP contribution is -1.94. The van der Waals surface area contributed by atoms with Crippen molar-refractivity contribution >= 4 is 39.7 Å². The average molecular weight is 359 g/mol. The Kier molecular flexibility index (Phi) is 4.03. The number of hydrogen-bond donors (Lipinski definition) is 0. The van der Waals surface area contributed by atoms with Crippen molar-refractivity contribution in [3.63, 3.8) is 0 Å². The van der Waals surface area contributed by atoms with Gasteiger partial charge in [0.15, 0.2) is 5.82 Å². The van der Waals surface area contributed by atoms with Gasteiger partial charge < -0.3 is 0 Å². The molecule has 0 unspecified atom stereocenters. The van der Waals surface area contributed by atoms with Gasteiger partial charge in [0.05, 0.1) is 5.75 Å². The molecule has 0 radical (unpaired) electrons. The standard InChI is InChI=1S/C16H11ClN4S2/c17-12-6-4-5-11(9-12)15-20-21-14(18-19-16(21)23-15)10-22-13-7-2-1-3-8-13/h1-9H,10H2. The van der Waals surface area contributed by atoms with Gasteiger partial charge in [-0.15, -0.1) is 22.0 Å². The Bertz CT molecular complexity index is 949. The van der Waals surface area contributed by atoms with E-state index in [-0.39, 0.29) is 0 Å². The van der Waals surface area contributed by atoms with Gasteiger partial charge in [0.25, 0.3) is 0 Å². The van der Waals surface area contributed by atoms with Crippen LogP contribution in [-0.2, 0) is 5.75 Å². The van der Waals surface area contributed by atoms with Gasteiger partial charge in [-0.25, -0.2) is 0 Å². The van der Waals surface area contributed by atoms with Crippen molar-refractivity contribution in [2.24, 2.45) is 0 Å². The van der Waals surface area contributed by atoms with E-state index in [1.807, 2.05) is 47.0 Å². The van der Waals surface area contributed by atoms with E-state index < -0.39 is 0 Å². The van der Waals surface area contributed by atoms with Crippen LogP contribution in [0.2, 0.25) is 5.02 Å². The van der Waals surface area contributed by atoms with Gasteiger partial charge in [0.1, 0.15) is 5.01 Å². The third-order valence-electron chi connectivity index (χ3n) is 3.24. The lowest BCUT2D eigenvalue weighted by atomic mass is 10.2. The highest BCUT2D eigenvalue weighted by Gasteiger charge is 2.13. The van der Waals surface area contributed by atoms with Crippen molar-refractivity contribution in [1.29, 1.82) is 0 Å². The minimum atomic E-state index is 0.702. The summed E-state index contributed by atoms with van der Waals surface area (Å²) >= 11 is 9.29. The Balaban J connectivity index is 1.62. The highest BCUT2D eigenvalue weighted by molar-refractivity contribution is 7.98. The molecular weight excluding hydrogens is 348 g/mol. The first-order chi connectivity index (χ1) is 11.3. The molecule has 23 heavy (non-hydrogen) atoms. The van der Waals surface area contributed by atoms with Crippen LogP contribution in [0.5, 0.6) is 0 Å². The largest absolute Gasteiger partial charge is 0.235 e. The Labute approximate surface area is 146 Å². The Morgan fingerprint density at radius 3 is 2.74 bits per heavy atom. The van der Waals surface area contributed by atoms with E-state index in [1.54, 1.807) is 11.8 Å². The smallest absolute Gasteiger partial charge is 0.186 e. The number of rotatable bonds is 4. The zero-order valence-corrected chi connectivity index (χ0v) is 14.3. The summed E-state index contributed by atoms with van der Waals surface area (Å²) in [5.41, 5.74) is 0.995. The molecule has 0 aliphatic carbocycles. The Morgan fingerprint density at radius 2 is 1.91 bits per heavy atom. The first-order valence-corrected chi connectivity index (χ1v) is 9.12. The second-order valence-corrected chi connectivity index (χ2v) is 7.27. The van der Waals surface area contributed by atoms with Crippen LogP contribution in [0.4, 0.5) is 0 Å². The van der Waals surface area contributed by atoms with Gasteiger partial charge in [0.2, 0.25) is 4.96 Å². The van der Waals surface area contributed by atoms with Gasteiger partial charge in [-0.05, 0) is 24.3 Å². The van der Waals surface area contributed by atoms with E-state index in [9.17, 15) is 0 Å².